The third-order valence-electron chi connectivity index (χ3n) is 5.52. The van der Waals surface area contributed by atoms with E-state index < -0.39 is 9.84 Å². The fourth-order valence-electron chi connectivity index (χ4n) is 4.10. The van der Waals surface area contributed by atoms with Gasteiger partial charge in [0, 0.05) is 28.3 Å². The van der Waals surface area contributed by atoms with Crippen LogP contribution >= 0.6 is 11.8 Å². The third-order valence-corrected chi connectivity index (χ3v) is 7.26. The molecule has 0 unspecified atom stereocenters. The summed E-state index contributed by atoms with van der Waals surface area (Å²) in [4.78, 5) is 5.45. The molecule has 5 heteroatoms. The Kier molecular flexibility index (Phi) is 4.77. The number of sulfone groups is 1. The standard InChI is InChI=1S/C22H23NO2S2/c1-26-18-8-5-16(6-9-18)19-13-22(11-3-4-12-22)14-20(19)17-7-10-21(23-15-17)27(2,24)25/h5-10,13-15H,3-4,11-12H2,1-2H3. The van der Waals surface area contributed by atoms with Crippen LogP contribution in [0.2, 0.25) is 0 Å². The van der Waals surface area contributed by atoms with Crippen molar-refractivity contribution in [1.82, 2.24) is 4.98 Å². The Balaban J connectivity index is 1.77. The van der Waals surface area contributed by atoms with Crippen LogP contribution in [0, 0.1) is 5.41 Å². The summed E-state index contributed by atoms with van der Waals surface area (Å²) in [5, 5.41) is 0.121. The van der Waals surface area contributed by atoms with Crippen LogP contribution in [-0.2, 0) is 9.84 Å². The highest BCUT2D eigenvalue weighted by Crippen LogP contribution is 2.51. The topological polar surface area (TPSA) is 47.0 Å². The van der Waals surface area contributed by atoms with E-state index in [1.807, 2.05) is 6.07 Å². The molecule has 0 atom stereocenters. The smallest absolute Gasteiger partial charge is 0.192 e. The van der Waals surface area contributed by atoms with Crippen LogP contribution in [0.1, 0.15) is 36.8 Å². The maximum absolute atomic E-state index is 11.7. The molecule has 3 nitrogen and oxygen atoms in total. The lowest BCUT2D eigenvalue weighted by atomic mass is 9.88. The first-order valence-electron chi connectivity index (χ1n) is 9.17. The second-order valence-electron chi connectivity index (χ2n) is 7.44. The second-order valence-corrected chi connectivity index (χ2v) is 10.3. The maximum atomic E-state index is 11.7. The Morgan fingerprint density at radius 1 is 0.926 bits per heavy atom. The van der Waals surface area contributed by atoms with Crippen molar-refractivity contribution in [2.75, 3.05) is 12.5 Å². The van der Waals surface area contributed by atoms with E-state index in [0.717, 1.165) is 5.56 Å². The predicted octanol–water partition coefficient (Wildman–Crippen LogP) is 5.25. The summed E-state index contributed by atoms with van der Waals surface area (Å²) in [6.07, 6.45) is 14.6. The molecule has 0 amide bonds. The van der Waals surface area contributed by atoms with Crippen molar-refractivity contribution < 1.29 is 8.42 Å². The number of hydrogen-bond acceptors (Lipinski definition) is 4. The molecule has 0 radical (unpaired) electrons. The minimum Gasteiger partial charge on any atom is -0.244 e. The molecule has 0 N–H and O–H groups in total. The SMILES string of the molecule is CSc1ccc(C2=CC3(C=C2c2ccc(S(C)(=O)=O)nc2)CCCC3)cc1. The normalized spacial score (nSPS) is 18.6. The van der Waals surface area contributed by atoms with Crippen LogP contribution in [-0.4, -0.2) is 25.9 Å². The number of hydrogen-bond donors (Lipinski definition) is 0. The summed E-state index contributed by atoms with van der Waals surface area (Å²) in [5.74, 6) is 0. The van der Waals surface area contributed by atoms with Gasteiger partial charge in [0.15, 0.2) is 14.9 Å². The molecule has 1 heterocycles. The summed E-state index contributed by atoms with van der Waals surface area (Å²) in [5.41, 5.74) is 4.72. The van der Waals surface area contributed by atoms with Crippen molar-refractivity contribution in [3.05, 3.63) is 65.9 Å². The first kappa shape index (κ1) is 18.5. The largest absolute Gasteiger partial charge is 0.244 e. The van der Waals surface area contributed by atoms with Crippen molar-refractivity contribution in [2.24, 2.45) is 5.41 Å². The number of nitrogens with zero attached hydrogens (tertiary/aromatic N) is 1. The number of pyridine rings is 1. The highest BCUT2D eigenvalue weighted by Gasteiger charge is 2.36. The highest BCUT2D eigenvalue weighted by molar-refractivity contribution is 7.98. The molecule has 1 spiro atoms. The number of thioether (sulfide) groups is 1. The van der Waals surface area contributed by atoms with Gasteiger partial charge in [-0.2, -0.15) is 0 Å². The van der Waals surface area contributed by atoms with Gasteiger partial charge >= 0.3 is 0 Å². The van der Waals surface area contributed by atoms with Gasteiger partial charge in [0.25, 0.3) is 0 Å². The molecule has 1 saturated carbocycles. The van der Waals surface area contributed by atoms with Crippen molar-refractivity contribution >= 4 is 32.7 Å². The average molecular weight is 398 g/mol. The number of benzene rings is 1. The Hall–Kier alpha value is -1.85. The molecule has 0 aliphatic heterocycles. The van der Waals surface area contributed by atoms with Gasteiger partial charge in [0.05, 0.1) is 0 Å². The molecular formula is C22H23NO2S2. The molecule has 2 aromatic rings. The molecule has 0 saturated heterocycles. The Morgan fingerprint density at radius 2 is 1.52 bits per heavy atom. The van der Waals surface area contributed by atoms with E-state index in [-0.39, 0.29) is 10.4 Å². The highest BCUT2D eigenvalue weighted by atomic mass is 32.2. The number of allylic oxidation sites excluding steroid dienone is 4. The van der Waals surface area contributed by atoms with Crippen LogP contribution in [0.4, 0.5) is 0 Å². The zero-order valence-corrected chi connectivity index (χ0v) is 17.2. The van der Waals surface area contributed by atoms with E-state index >= 15 is 0 Å². The van der Waals surface area contributed by atoms with Gasteiger partial charge in [0.1, 0.15) is 0 Å². The van der Waals surface area contributed by atoms with Crippen molar-refractivity contribution in [3.8, 4) is 0 Å². The average Bonchev–Trinajstić information content (AvgIpc) is 3.28. The zero-order valence-electron chi connectivity index (χ0n) is 15.6. The number of aromatic nitrogens is 1. The Labute approximate surface area is 165 Å². The lowest BCUT2D eigenvalue weighted by Gasteiger charge is -2.16. The molecule has 2 aliphatic rings. The third kappa shape index (κ3) is 3.63. The first-order valence-corrected chi connectivity index (χ1v) is 12.3. The summed E-state index contributed by atoms with van der Waals surface area (Å²) in [6.45, 7) is 0. The van der Waals surface area contributed by atoms with E-state index in [1.165, 1.54) is 53.5 Å². The summed E-state index contributed by atoms with van der Waals surface area (Å²) in [6, 6.07) is 12.2. The fraction of sp³-hybridized carbons (Fsp3) is 0.318. The van der Waals surface area contributed by atoms with E-state index in [2.05, 4.69) is 47.7 Å². The van der Waals surface area contributed by atoms with Gasteiger partial charge in [-0.15, -0.1) is 11.8 Å². The molecular weight excluding hydrogens is 374 g/mol. The Bertz CT molecular complexity index is 1010. The quantitative estimate of drug-likeness (QED) is 0.661. The monoisotopic (exact) mass is 397 g/mol. The minimum atomic E-state index is -3.29. The molecule has 1 aromatic carbocycles. The van der Waals surface area contributed by atoms with Gasteiger partial charge in [0.2, 0.25) is 0 Å². The second kappa shape index (κ2) is 6.95. The zero-order chi connectivity index (χ0) is 19.1. The molecule has 140 valence electrons. The summed E-state index contributed by atoms with van der Waals surface area (Å²) >= 11 is 1.74. The molecule has 1 fully saturated rings. The molecule has 1 aromatic heterocycles. The van der Waals surface area contributed by atoms with E-state index in [0.29, 0.717) is 0 Å². The summed E-state index contributed by atoms with van der Waals surface area (Å²) in [7, 11) is -3.29. The van der Waals surface area contributed by atoms with Gasteiger partial charge in [-0.3, -0.25) is 0 Å². The van der Waals surface area contributed by atoms with E-state index in [1.54, 1.807) is 24.0 Å². The molecule has 27 heavy (non-hydrogen) atoms. The van der Waals surface area contributed by atoms with Crippen molar-refractivity contribution in [1.29, 1.82) is 0 Å². The van der Waals surface area contributed by atoms with Crippen LogP contribution in [0.5, 0.6) is 0 Å². The van der Waals surface area contributed by atoms with Gasteiger partial charge < -0.3 is 0 Å². The minimum absolute atomic E-state index is 0.121. The Morgan fingerprint density at radius 3 is 2.04 bits per heavy atom. The number of rotatable bonds is 4. The van der Waals surface area contributed by atoms with Crippen molar-refractivity contribution in [3.63, 3.8) is 0 Å². The molecule has 2 aliphatic carbocycles. The van der Waals surface area contributed by atoms with Crippen LogP contribution in [0.3, 0.4) is 0 Å². The fourth-order valence-corrected chi connectivity index (χ4v) is 5.07. The van der Waals surface area contributed by atoms with E-state index in [4.69, 9.17) is 0 Å². The molecule has 0 bridgehead atoms. The molecule has 4 rings (SSSR count). The van der Waals surface area contributed by atoms with Crippen molar-refractivity contribution in [2.45, 2.75) is 35.6 Å². The van der Waals surface area contributed by atoms with Gasteiger partial charge in [-0.05, 0) is 60.1 Å². The van der Waals surface area contributed by atoms with Gasteiger partial charge in [-0.25, -0.2) is 13.4 Å². The van der Waals surface area contributed by atoms with Crippen LogP contribution in [0.15, 0.2) is 64.7 Å². The van der Waals surface area contributed by atoms with Crippen LogP contribution < -0.4 is 0 Å². The lowest BCUT2D eigenvalue weighted by molar-refractivity contribution is 0.523. The maximum Gasteiger partial charge on any atom is 0.192 e. The lowest BCUT2D eigenvalue weighted by Crippen LogP contribution is -2.05. The van der Waals surface area contributed by atoms with Crippen LogP contribution in [0.25, 0.3) is 11.1 Å². The summed E-state index contributed by atoms with van der Waals surface area (Å²) < 4.78 is 23.5. The first-order chi connectivity index (χ1) is 12.9. The van der Waals surface area contributed by atoms with E-state index in [9.17, 15) is 8.42 Å². The predicted molar refractivity (Wildman–Crippen MR) is 112 cm³/mol. The van der Waals surface area contributed by atoms with Gasteiger partial charge in [-0.1, -0.05) is 37.1 Å².